The Kier molecular flexibility index (Phi) is 6.06. The molecule has 0 atom stereocenters. The van der Waals surface area contributed by atoms with Crippen molar-refractivity contribution in [1.29, 1.82) is 0 Å². The van der Waals surface area contributed by atoms with Crippen LogP contribution < -0.4 is 0 Å². The maximum atomic E-state index is 12.9. The highest BCUT2D eigenvalue weighted by Gasteiger charge is 2.26. The third kappa shape index (κ3) is 4.47. The number of amides is 2. The zero-order chi connectivity index (χ0) is 22.0. The Bertz CT molecular complexity index is 1170. The van der Waals surface area contributed by atoms with E-state index in [0.717, 1.165) is 5.56 Å². The molecule has 1 fully saturated rings. The molecule has 0 saturated carbocycles. The number of aromatic nitrogens is 3. The van der Waals surface area contributed by atoms with Crippen LogP contribution in [0, 0.1) is 4.77 Å². The molecule has 1 aliphatic rings. The van der Waals surface area contributed by atoms with E-state index in [-0.39, 0.29) is 29.7 Å². The predicted molar refractivity (Wildman–Crippen MR) is 118 cm³/mol. The molecule has 1 saturated heterocycles. The van der Waals surface area contributed by atoms with Gasteiger partial charge in [-0.05, 0) is 48.6 Å². The van der Waals surface area contributed by atoms with Crippen LogP contribution in [0.15, 0.2) is 48.5 Å². The van der Waals surface area contributed by atoms with Crippen molar-refractivity contribution in [3.63, 3.8) is 0 Å². The number of aromatic hydroxyl groups is 1. The number of rotatable bonds is 4. The van der Waals surface area contributed by atoms with Crippen molar-refractivity contribution in [2.24, 2.45) is 0 Å². The number of carbonyl (C=O) groups is 2. The van der Waals surface area contributed by atoms with E-state index in [4.69, 9.17) is 23.8 Å². The molecule has 160 valence electrons. The zero-order valence-corrected chi connectivity index (χ0v) is 18.1. The smallest absolute Gasteiger partial charge is 0.257 e. The monoisotopic (exact) mass is 457 g/mol. The Labute approximate surface area is 188 Å². The van der Waals surface area contributed by atoms with Crippen molar-refractivity contribution >= 4 is 35.6 Å². The Morgan fingerprint density at radius 2 is 1.68 bits per heavy atom. The van der Waals surface area contributed by atoms with Gasteiger partial charge in [-0.2, -0.15) is 5.10 Å². The molecule has 2 amide bonds. The minimum Gasteiger partial charge on any atom is -0.507 e. The lowest BCUT2D eigenvalue weighted by Crippen LogP contribution is -2.51. The standard InChI is InChI=1S/C21H20ClN5O3S/c22-15-7-5-14(6-8-15)19-23-24-21(31)27(19)13-18(29)25-9-11-26(12-10-25)20(30)16-3-1-2-4-17(16)28/h1-8,28H,9-13H2,(H,24,31). The highest BCUT2D eigenvalue weighted by molar-refractivity contribution is 7.71. The van der Waals surface area contributed by atoms with E-state index in [2.05, 4.69) is 10.2 Å². The van der Waals surface area contributed by atoms with Gasteiger partial charge in [0.05, 0.1) is 5.56 Å². The number of piperazine rings is 1. The summed E-state index contributed by atoms with van der Waals surface area (Å²) in [5.74, 6) is 0.160. The molecule has 0 unspecified atom stereocenters. The molecule has 8 nitrogen and oxygen atoms in total. The first-order chi connectivity index (χ1) is 14.9. The van der Waals surface area contributed by atoms with E-state index in [1.807, 2.05) is 12.1 Å². The van der Waals surface area contributed by atoms with Crippen LogP contribution in [-0.2, 0) is 11.3 Å². The van der Waals surface area contributed by atoms with Gasteiger partial charge >= 0.3 is 0 Å². The van der Waals surface area contributed by atoms with Crippen LogP contribution in [-0.4, -0.2) is 67.7 Å². The van der Waals surface area contributed by atoms with E-state index in [1.54, 1.807) is 44.7 Å². The number of para-hydroxylation sites is 1. The molecule has 2 N–H and O–H groups in total. The van der Waals surface area contributed by atoms with Crippen LogP contribution >= 0.6 is 23.8 Å². The van der Waals surface area contributed by atoms with Crippen LogP contribution in [0.25, 0.3) is 11.4 Å². The number of nitrogens with one attached hydrogen (secondary N) is 1. The molecule has 4 rings (SSSR count). The first-order valence-electron chi connectivity index (χ1n) is 9.70. The number of hydrogen-bond acceptors (Lipinski definition) is 5. The second-order valence-electron chi connectivity index (χ2n) is 7.14. The van der Waals surface area contributed by atoms with Crippen LogP contribution in [0.3, 0.4) is 0 Å². The van der Waals surface area contributed by atoms with Crippen molar-refractivity contribution < 1.29 is 14.7 Å². The van der Waals surface area contributed by atoms with Gasteiger partial charge in [0.2, 0.25) is 5.91 Å². The van der Waals surface area contributed by atoms with Crippen molar-refractivity contribution in [2.45, 2.75) is 6.54 Å². The molecule has 2 aromatic carbocycles. The Morgan fingerprint density at radius 3 is 2.35 bits per heavy atom. The number of carbonyl (C=O) groups excluding carboxylic acids is 2. The molecular formula is C21H20ClN5O3S. The quantitative estimate of drug-likeness (QED) is 0.587. The molecule has 10 heteroatoms. The Balaban J connectivity index is 1.42. The fourth-order valence-corrected chi connectivity index (χ4v) is 3.83. The molecule has 0 radical (unpaired) electrons. The van der Waals surface area contributed by atoms with E-state index in [9.17, 15) is 14.7 Å². The summed E-state index contributed by atoms with van der Waals surface area (Å²) in [6.45, 7) is 1.62. The average Bonchev–Trinajstić information content (AvgIpc) is 3.14. The number of halogens is 1. The molecule has 0 aliphatic carbocycles. The van der Waals surface area contributed by atoms with E-state index >= 15 is 0 Å². The van der Waals surface area contributed by atoms with Gasteiger partial charge < -0.3 is 14.9 Å². The first kappa shape index (κ1) is 21.1. The SMILES string of the molecule is O=C(Cn1c(-c2ccc(Cl)cc2)n[nH]c1=S)N1CCN(C(=O)c2ccccc2O)CC1. The van der Waals surface area contributed by atoms with Gasteiger partial charge in [0.25, 0.3) is 5.91 Å². The topological polar surface area (TPSA) is 94.5 Å². The highest BCUT2D eigenvalue weighted by atomic mass is 35.5. The zero-order valence-electron chi connectivity index (χ0n) is 16.5. The molecule has 31 heavy (non-hydrogen) atoms. The summed E-state index contributed by atoms with van der Waals surface area (Å²) in [7, 11) is 0. The summed E-state index contributed by atoms with van der Waals surface area (Å²) in [6, 6.07) is 13.6. The van der Waals surface area contributed by atoms with Gasteiger partial charge in [-0.1, -0.05) is 23.7 Å². The number of phenolic OH excluding ortho intramolecular Hbond substituents is 1. The van der Waals surface area contributed by atoms with Gasteiger partial charge in [-0.3, -0.25) is 19.3 Å². The molecule has 3 aromatic rings. The maximum Gasteiger partial charge on any atom is 0.257 e. The number of phenols is 1. The summed E-state index contributed by atoms with van der Waals surface area (Å²) in [6.07, 6.45) is 0. The average molecular weight is 458 g/mol. The van der Waals surface area contributed by atoms with Gasteiger partial charge in [0.1, 0.15) is 12.3 Å². The minimum absolute atomic E-state index is 0.0424. The first-order valence-corrected chi connectivity index (χ1v) is 10.5. The summed E-state index contributed by atoms with van der Waals surface area (Å²) in [4.78, 5) is 28.9. The minimum atomic E-state index is -0.243. The van der Waals surface area contributed by atoms with Crippen LogP contribution in [0.5, 0.6) is 5.75 Å². The summed E-state index contributed by atoms with van der Waals surface area (Å²) in [5, 5.41) is 17.5. The predicted octanol–water partition coefficient (Wildman–Crippen LogP) is 2.95. The van der Waals surface area contributed by atoms with Crippen LogP contribution in [0.1, 0.15) is 10.4 Å². The van der Waals surface area contributed by atoms with Crippen molar-refractivity contribution in [2.75, 3.05) is 26.2 Å². The Hall–Kier alpha value is -3.17. The molecule has 1 aliphatic heterocycles. The number of hydrogen-bond donors (Lipinski definition) is 2. The normalized spacial score (nSPS) is 14.0. The number of aromatic amines is 1. The summed E-state index contributed by atoms with van der Waals surface area (Å²) in [5.41, 5.74) is 1.06. The lowest BCUT2D eigenvalue weighted by molar-refractivity contribution is -0.133. The van der Waals surface area contributed by atoms with E-state index in [0.29, 0.717) is 41.8 Å². The van der Waals surface area contributed by atoms with Gasteiger partial charge in [0.15, 0.2) is 10.6 Å². The maximum absolute atomic E-state index is 12.9. The second kappa shape index (κ2) is 8.91. The fourth-order valence-electron chi connectivity index (χ4n) is 3.50. The highest BCUT2D eigenvalue weighted by Crippen LogP contribution is 2.21. The fraction of sp³-hybridized carbons (Fsp3) is 0.238. The van der Waals surface area contributed by atoms with Crippen molar-refractivity contribution in [3.8, 4) is 17.1 Å². The van der Waals surface area contributed by atoms with Gasteiger partial charge in [-0.25, -0.2) is 0 Å². The largest absolute Gasteiger partial charge is 0.507 e. The lowest BCUT2D eigenvalue weighted by atomic mass is 10.1. The van der Waals surface area contributed by atoms with Crippen molar-refractivity contribution in [3.05, 3.63) is 63.9 Å². The van der Waals surface area contributed by atoms with E-state index < -0.39 is 0 Å². The number of H-pyrrole nitrogens is 1. The lowest BCUT2D eigenvalue weighted by Gasteiger charge is -2.35. The van der Waals surface area contributed by atoms with Crippen LogP contribution in [0.2, 0.25) is 5.02 Å². The van der Waals surface area contributed by atoms with Crippen molar-refractivity contribution in [1.82, 2.24) is 24.6 Å². The summed E-state index contributed by atoms with van der Waals surface area (Å²) >= 11 is 11.3. The van der Waals surface area contributed by atoms with Gasteiger partial charge in [0, 0.05) is 36.8 Å². The molecule has 0 bridgehead atoms. The molecule has 2 heterocycles. The molecule has 0 spiro atoms. The Morgan fingerprint density at radius 1 is 1.03 bits per heavy atom. The van der Waals surface area contributed by atoms with Crippen LogP contribution in [0.4, 0.5) is 0 Å². The molecule has 1 aromatic heterocycles. The third-order valence-electron chi connectivity index (χ3n) is 5.21. The molecular weight excluding hydrogens is 438 g/mol. The number of benzene rings is 2. The second-order valence-corrected chi connectivity index (χ2v) is 7.96. The van der Waals surface area contributed by atoms with E-state index in [1.165, 1.54) is 6.07 Å². The summed E-state index contributed by atoms with van der Waals surface area (Å²) < 4.78 is 2.01. The third-order valence-corrected chi connectivity index (χ3v) is 5.77. The number of nitrogens with zero attached hydrogens (tertiary/aromatic N) is 4. The van der Waals surface area contributed by atoms with Gasteiger partial charge in [-0.15, -0.1) is 0 Å².